The van der Waals surface area contributed by atoms with Gasteiger partial charge in [0.1, 0.15) is 0 Å². The highest BCUT2D eigenvalue weighted by molar-refractivity contribution is 5.73. The largest absolute Gasteiger partial charge is 0.379 e. The number of carbonyl (C=O) groups is 1. The van der Waals surface area contributed by atoms with Crippen molar-refractivity contribution in [2.75, 3.05) is 26.3 Å². The highest BCUT2D eigenvalue weighted by Crippen LogP contribution is 2.24. The Labute approximate surface area is 97.3 Å². The van der Waals surface area contributed by atoms with E-state index >= 15 is 0 Å². The normalized spacial score (nSPS) is 32.3. The van der Waals surface area contributed by atoms with Crippen LogP contribution in [0.25, 0.3) is 0 Å². The first-order valence-corrected chi connectivity index (χ1v) is 6.36. The number of morpholine rings is 1. The van der Waals surface area contributed by atoms with Gasteiger partial charge in [0.15, 0.2) is 0 Å². The standard InChI is InChI=1S/C12H22N2O2/c1-10(15)13-11-4-2-3-5-12(11)14-6-8-16-9-7-14/h11-12H,2-9H2,1H3,(H,13,15)/t11-,12-/m1/s1. The van der Waals surface area contributed by atoms with Gasteiger partial charge in [-0.15, -0.1) is 0 Å². The van der Waals surface area contributed by atoms with Crippen LogP contribution in [0.5, 0.6) is 0 Å². The first-order valence-electron chi connectivity index (χ1n) is 6.36. The van der Waals surface area contributed by atoms with Crippen molar-refractivity contribution in [3.8, 4) is 0 Å². The van der Waals surface area contributed by atoms with Crippen molar-refractivity contribution < 1.29 is 9.53 Å². The number of hydrogen-bond acceptors (Lipinski definition) is 3. The van der Waals surface area contributed by atoms with E-state index in [1.165, 1.54) is 19.3 Å². The molecule has 2 fully saturated rings. The molecule has 2 atom stereocenters. The van der Waals surface area contributed by atoms with E-state index in [1.54, 1.807) is 6.92 Å². The van der Waals surface area contributed by atoms with Gasteiger partial charge < -0.3 is 10.1 Å². The Morgan fingerprint density at radius 2 is 1.94 bits per heavy atom. The van der Waals surface area contributed by atoms with Crippen molar-refractivity contribution in [3.63, 3.8) is 0 Å². The third-order valence-corrected chi connectivity index (χ3v) is 3.63. The Bertz CT molecular complexity index is 239. The minimum absolute atomic E-state index is 0.102. The maximum Gasteiger partial charge on any atom is 0.217 e. The van der Waals surface area contributed by atoms with Crippen molar-refractivity contribution in [1.82, 2.24) is 10.2 Å². The number of hydrogen-bond donors (Lipinski definition) is 1. The van der Waals surface area contributed by atoms with Crippen molar-refractivity contribution in [3.05, 3.63) is 0 Å². The maximum atomic E-state index is 11.2. The van der Waals surface area contributed by atoms with Gasteiger partial charge in [0.05, 0.1) is 13.2 Å². The molecule has 0 spiro atoms. The lowest BCUT2D eigenvalue weighted by atomic mass is 9.89. The Kier molecular flexibility index (Phi) is 4.18. The summed E-state index contributed by atoms with van der Waals surface area (Å²) in [5.41, 5.74) is 0. The van der Waals surface area contributed by atoms with Gasteiger partial charge in [0.25, 0.3) is 0 Å². The number of rotatable bonds is 2. The minimum atomic E-state index is 0.102. The average Bonchev–Trinajstić information content (AvgIpc) is 2.30. The molecule has 4 heteroatoms. The predicted octanol–water partition coefficient (Wildman–Crippen LogP) is 0.766. The zero-order valence-electron chi connectivity index (χ0n) is 10.1. The Morgan fingerprint density at radius 3 is 2.62 bits per heavy atom. The molecular formula is C12H22N2O2. The maximum absolute atomic E-state index is 11.2. The van der Waals surface area contributed by atoms with Gasteiger partial charge in [-0.25, -0.2) is 0 Å². The molecule has 92 valence electrons. The molecule has 1 amide bonds. The Hall–Kier alpha value is -0.610. The van der Waals surface area contributed by atoms with Crippen LogP contribution in [0.2, 0.25) is 0 Å². The van der Waals surface area contributed by atoms with E-state index in [1.807, 2.05) is 0 Å². The van der Waals surface area contributed by atoms with Crippen molar-refractivity contribution in [2.24, 2.45) is 0 Å². The quantitative estimate of drug-likeness (QED) is 0.756. The molecule has 1 saturated carbocycles. The second-order valence-electron chi connectivity index (χ2n) is 4.81. The summed E-state index contributed by atoms with van der Waals surface area (Å²) in [7, 11) is 0. The van der Waals surface area contributed by atoms with Crippen LogP contribution >= 0.6 is 0 Å². The zero-order valence-corrected chi connectivity index (χ0v) is 10.1. The van der Waals surface area contributed by atoms with Crippen molar-refractivity contribution in [1.29, 1.82) is 0 Å². The number of nitrogens with one attached hydrogen (secondary N) is 1. The first-order chi connectivity index (χ1) is 7.77. The molecule has 0 aromatic heterocycles. The smallest absolute Gasteiger partial charge is 0.217 e. The topological polar surface area (TPSA) is 41.6 Å². The lowest BCUT2D eigenvalue weighted by Crippen LogP contribution is -2.55. The second kappa shape index (κ2) is 5.64. The van der Waals surface area contributed by atoms with Crippen LogP contribution in [-0.2, 0) is 9.53 Å². The lowest BCUT2D eigenvalue weighted by Gasteiger charge is -2.41. The molecule has 0 radical (unpaired) electrons. The summed E-state index contributed by atoms with van der Waals surface area (Å²) >= 11 is 0. The van der Waals surface area contributed by atoms with Crippen LogP contribution < -0.4 is 5.32 Å². The van der Waals surface area contributed by atoms with Gasteiger partial charge in [-0.3, -0.25) is 9.69 Å². The summed E-state index contributed by atoms with van der Waals surface area (Å²) < 4.78 is 5.38. The van der Waals surface area contributed by atoms with E-state index < -0.39 is 0 Å². The van der Waals surface area contributed by atoms with Crippen LogP contribution in [0.4, 0.5) is 0 Å². The number of ether oxygens (including phenoxy) is 1. The Morgan fingerprint density at radius 1 is 1.25 bits per heavy atom. The van der Waals surface area contributed by atoms with Crippen LogP contribution in [0, 0.1) is 0 Å². The molecular weight excluding hydrogens is 204 g/mol. The fourth-order valence-corrected chi connectivity index (χ4v) is 2.89. The van der Waals surface area contributed by atoms with Gasteiger partial charge in [0, 0.05) is 32.1 Å². The molecule has 0 unspecified atom stereocenters. The third-order valence-electron chi connectivity index (χ3n) is 3.63. The molecule has 0 aromatic carbocycles. The second-order valence-corrected chi connectivity index (χ2v) is 4.81. The summed E-state index contributed by atoms with van der Waals surface area (Å²) in [6.45, 7) is 5.32. The minimum Gasteiger partial charge on any atom is -0.379 e. The highest BCUT2D eigenvalue weighted by Gasteiger charge is 2.31. The molecule has 1 N–H and O–H groups in total. The van der Waals surface area contributed by atoms with E-state index in [9.17, 15) is 4.79 Å². The SMILES string of the molecule is CC(=O)N[C@@H]1CCCC[C@H]1N1CCOCC1. The monoisotopic (exact) mass is 226 g/mol. The van der Waals surface area contributed by atoms with Crippen LogP contribution in [0.1, 0.15) is 32.6 Å². The number of carbonyl (C=O) groups excluding carboxylic acids is 1. The van der Waals surface area contributed by atoms with Crippen LogP contribution in [0.3, 0.4) is 0 Å². The molecule has 2 rings (SSSR count). The highest BCUT2D eigenvalue weighted by atomic mass is 16.5. The van der Waals surface area contributed by atoms with Crippen LogP contribution in [0.15, 0.2) is 0 Å². The summed E-state index contributed by atoms with van der Waals surface area (Å²) in [5.74, 6) is 0.102. The van der Waals surface area contributed by atoms with E-state index in [4.69, 9.17) is 4.74 Å². The molecule has 2 aliphatic rings. The number of amides is 1. The summed E-state index contributed by atoms with van der Waals surface area (Å²) in [4.78, 5) is 13.7. The van der Waals surface area contributed by atoms with Gasteiger partial charge in [-0.2, -0.15) is 0 Å². The number of nitrogens with zero attached hydrogens (tertiary/aromatic N) is 1. The molecule has 0 aromatic rings. The van der Waals surface area contributed by atoms with E-state index in [2.05, 4.69) is 10.2 Å². The van der Waals surface area contributed by atoms with Gasteiger partial charge >= 0.3 is 0 Å². The van der Waals surface area contributed by atoms with Gasteiger partial charge in [-0.1, -0.05) is 12.8 Å². The van der Waals surface area contributed by atoms with Gasteiger partial charge in [0.2, 0.25) is 5.91 Å². The molecule has 1 heterocycles. The molecule has 0 bridgehead atoms. The molecule has 4 nitrogen and oxygen atoms in total. The lowest BCUT2D eigenvalue weighted by molar-refractivity contribution is -0.120. The fraction of sp³-hybridized carbons (Fsp3) is 0.917. The van der Waals surface area contributed by atoms with E-state index in [0.29, 0.717) is 12.1 Å². The van der Waals surface area contributed by atoms with Gasteiger partial charge in [-0.05, 0) is 12.8 Å². The molecule has 1 aliphatic carbocycles. The zero-order chi connectivity index (χ0) is 11.4. The summed E-state index contributed by atoms with van der Waals surface area (Å²) in [5, 5.41) is 3.11. The van der Waals surface area contributed by atoms with E-state index in [-0.39, 0.29) is 5.91 Å². The van der Waals surface area contributed by atoms with E-state index in [0.717, 1.165) is 32.7 Å². The van der Waals surface area contributed by atoms with Crippen molar-refractivity contribution in [2.45, 2.75) is 44.7 Å². The van der Waals surface area contributed by atoms with Crippen LogP contribution in [-0.4, -0.2) is 49.2 Å². The first kappa shape index (κ1) is 11.9. The van der Waals surface area contributed by atoms with Crippen molar-refractivity contribution >= 4 is 5.91 Å². The molecule has 1 aliphatic heterocycles. The molecule has 16 heavy (non-hydrogen) atoms. The summed E-state index contributed by atoms with van der Waals surface area (Å²) in [6.07, 6.45) is 4.87. The predicted molar refractivity (Wildman–Crippen MR) is 62.3 cm³/mol. The summed E-state index contributed by atoms with van der Waals surface area (Å²) in [6, 6.07) is 0.880. The average molecular weight is 226 g/mol. The fourth-order valence-electron chi connectivity index (χ4n) is 2.89. The molecule has 1 saturated heterocycles. The Balaban J connectivity index is 1.94. The third kappa shape index (κ3) is 2.95.